The molecule has 0 aromatic carbocycles. The smallest absolute Gasteiger partial charge is 0.218 e. The summed E-state index contributed by atoms with van der Waals surface area (Å²) in [7, 11) is -2.25. The topological polar surface area (TPSA) is 89.6 Å². The molecular formula is C11H17NO4S. The summed E-state index contributed by atoms with van der Waals surface area (Å²) in [5.41, 5.74) is -0.943. The first-order chi connectivity index (χ1) is 7.90. The van der Waals surface area contributed by atoms with Gasteiger partial charge in [0.15, 0.2) is 0 Å². The van der Waals surface area contributed by atoms with Gasteiger partial charge in [-0.3, -0.25) is 0 Å². The first-order valence-electron chi connectivity index (χ1n) is 5.51. The van der Waals surface area contributed by atoms with E-state index in [2.05, 4.69) is 0 Å². The molecule has 0 saturated heterocycles. The quantitative estimate of drug-likeness (QED) is 0.742. The highest BCUT2D eigenvalue weighted by Crippen LogP contribution is 2.44. The molecule has 2 unspecified atom stereocenters. The van der Waals surface area contributed by atoms with Crippen molar-refractivity contribution in [2.24, 2.45) is 11.1 Å². The van der Waals surface area contributed by atoms with Crippen LogP contribution in [0.5, 0.6) is 0 Å². The van der Waals surface area contributed by atoms with Crippen molar-refractivity contribution in [1.82, 2.24) is 0 Å². The molecular weight excluding hydrogens is 242 g/mol. The van der Waals surface area contributed by atoms with Crippen molar-refractivity contribution >= 4 is 10.0 Å². The Balaban J connectivity index is 2.37. The maximum absolute atomic E-state index is 11.6. The number of allylic oxidation sites excluding steroid dienone is 2. The van der Waals surface area contributed by atoms with E-state index in [1.54, 1.807) is 24.3 Å². The molecule has 0 radical (unpaired) electrons. The second kappa shape index (κ2) is 4.20. The number of rotatable bonds is 3. The van der Waals surface area contributed by atoms with Crippen molar-refractivity contribution in [2.45, 2.75) is 29.8 Å². The third-order valence-corrected chi connectivity index (χ3v) is 4.89. The van der Waals surface area contributed by atoms with Gasteiger partial charge in [0, 0.05) is 7.11 Å². The number of ether oxygens (including phenoxy) is 1. The molecule has 0 heterocycles. The fraction of sp³-hybridized carbons (Fsp3) is 0.636. The van der Waals surface area contributed by atoms with Crippen molar-refractivity contribution in [3.05, 3.63) is 24.3 Å². The normalized spacial score (nSPS) is 41.2. The van der Waals surface area contributed by atoms with Gasteiger partial charge >= 0.3 is 0 Å². The SMILES string of the molecule is COC1(C2CC(O)C2)C=CC=CC1S(N)(=O)=O. The second-order valence-corrected chi connectivity index (χ2v) is 6.32. The van der Waals surface area contributed by atoms with Crippen LogP contribution in [0.15, 0.2) is 24.3 Å². The summed E-state index contributed by atoms with van der Waals surface area (Å²) in [6.07, 6.45) is 7.41. The minimum Gasteiger partial charge on any atom is -0.393 e. The van der Waals surface area contributed by atoms with Gasteiger partial charge < -0.3 is 9.84 Å². The molecule has 0 aromatic rings. The van der Waals surface area contributed by atoms with Gasteiger partial charge in [-0.2, -0.15) is 0 Å². The van der Waals surface area contributed by atoms with Gasteiger partial charge in [-0.1, -0.05) is 24.3 Å². The van der Waals surface area contributed by atoms with Crippen LogP contribution in [0.1, 0.15) is 12.8 Å². The Morgan fingerprint density at radius 2 is 2.06 bits per heavy atom. The maximum Gasteiger partial charge on any atom is 0.218 e. The molecule has 2 aliphatic carbocycles. The molecule has 2 aliphatic rings. The van der Waals surface area contributed by atoms with Gasteiger partial charge in [0.1, 0.15) is 10.9 Å². The summed E-state index contributed by atoms with van der Waals surface area (Å²) >= 11 is 0. The Hall–Kier alpha value is -0.690. The van der Waals surface area contributed by atoms with Gasteiger partial charge in [-0.25, -0.2) is 13.6 Å². The Labute approximate surface area is 101 Å². The zero-order valence-electron chi connectivity index (χ0n) is 9.61. The van der Waals surface area contributed by atoms with Crippen LogP contribution in [0.4, 0.5) is 0 Å². The van der Waals surface area contributed by atoms with Crippen molar-refractivity contribution in [3.8, 4) is 0 Å². The molecule has 1 fully saturated rings. The van der Waals surface area contributed by atoms with Crippen molar-refractivity contribution < 1.29 is 18.3 Å². The van der Waals surface area contributed by atoms with Crippen LogP contribution in [0.25, 0.3) is 0 Å². The molecule has 6 heteroatoms. The van der Waals surface area contributed by atoms with Gasteiger partial charge in [-0.05, 0) is 18.8 Å². The number of aliphatic hydroxyl groups excluding tert-OH is 1. The average Bonchev–Trinajstić information content (AvgIpc) is 2.23. The van der Waals surface area contributed by atoms with Gasteiger partial charge in [0.2, 0.25) is 10.0 Å². The fourth-order valence-corrected chi connectivity index (χ4v) is 3.85. The van der Waals surface area contributed by atoms with E-state index in [-0.39, 0.29) is 12.0 Å². The summed E-state index contributed by atoms with van der Waals surface area (Å²) < 4.78 is 28.7. The van der Waals surface area contributed by atoms with Crippen LogP contribution in [-0.4, -0.2) is 37.6 Å². The molecule has 1 saturated carbocycles. The third-order valence-electron chi connectivity index (χ3n) is 3.66. The molecule has 3 N–H and O–H groups in total. The summed E-state index contributed by atoms with van der Waals surface area (Å²) in [4.78, 5) is 0. The lowest BCUT2D eigenvalue weighted by Crippen LogP contribution is -2.58. The predicted molar refractivity (Wildman–Crippen MR) is 63.6 cm³/mol. The van der Waals surface area contributed by atoms with Gasteiger partial charge in [0.25, 0.3) is 0 Å². The first kappa shape index (κ1) is 12.8. The number of methoxy groups -OCH3 is 1. The molecule has 0 amide bonds. The zero-order valence-corrected chi connectivity index (χ0v) is 10.4. The number of nitrogens with two attached hydrogens (primary N) is 1. The monoisotopic (exact) mass is 259 g/mol. The highest BCUT2D eigenvalue weighted by molar-refractivity contribution is 7.90. The van der Waals surface area contributed by atoms with Crippen LogP contribution >= 0.6 is 0 Å². The van der Waals surface area contributed by atoms with Gasteiger partial charge in [0.05, 0.1) is 6.10 Å². The van der Waals surface area contributed by atoms with Crippen LogP contribution < -0.4 is 5.14 Å². The summed E-state index contributed by atoms with van der Waals surface area (Å²) in [5.74, 6) is -0.0213. The van der Waals surface area contributed by atoms with E-state index in [1.807, 2.05) is 0 Å². The lowest BCUT2D eigenvalue weighted by atomic mass is 9.68. The van der Waals surface area contributed by atoms with E-state index in [0.717, 1.165) is 0 Å². The molecule has 96 valence electrons. The van der Waals surface area contributed by atoms with E-state index < -0.39 is 20.9 Å². The Morgan fingerprint density at radius 3 is 2.53 bits per heavy atom. The molecule has 0 aromatic heterocycles. The van der Waals surface area contributed by atoms with Crippen molar-refractivity contribution in [3.63, 3.8) is 0 Å². The van der Waals surface area contributed by atoms with E-state index in [4.69, 9.17) is 9.88 Å². The first-order valence-corrected chi connectivity index (χ1v) is 7.12. The minimum absolute atomic E-state index is 0.0213. The molecule has 0 spiro atoms. The van der Waals surface area contributed by atoms with Crippen molar-refractivity contribution in [2.75, 3.05) is 7.11 Å². The number of hydrogen-bond acceptors (Lipinski definition) is 4. The number of sulfonamides is 1. The summed E-state index contributed by atoms with van der Waals surface area (Å²) in [6, 6.07) is 0. The van der Waals surface area contributed by atoms with E-state index in [0.29, 0.717) is 12.8 Å². The largest absolute Gasteiger partial charge is 0.393 e. The number of aliphatic hydroxyl groups is 1. The molecule has 5 nitrogen and oxygen atoms in total. The van der Waals surface area contributed by atoms with Crippen LogP contribution in [0.2, 0.25) is 0 Å². The Bertz CT molecular complexity index is 450. The molecule has 17 heavy (non-hydrogen) atoms. The summed E-state index contributed by atoms with van der Waals surface area (Å²) in [5, 5.41) is 13.7. The minimum atomic E-state index is -3.73. The molecule has 2 atom stereocenters. The lowest BCUT2D eigenvalue weighted by Gasteiger charge is -2.48. The maximum atomic E-state index is 11.6. The predicted octanol–water partition coefficient (Wildman–Crippen LogP) is -0.0744. The third kappa shape index (κ3) is 2.06. The zero-order chi connectivity index (χ0) is 12.7. The van der Waals surface area contributed by atoms with Gasteiger partial charge in [-0.15, -0.1) is 0 Å². The standard InChI is InChI=1S/C11H17NO4S/c1-16-11(8-6-9(13)7-8)5-3-2-4-10(11)17(12,14)15/h2-5,8-10,13H,6-7H2,1H3,(H2,12,14,15). The lowest BCUT2D eigenvalue weighted by molar-refractivity contribution is -0.0881. The molecule has 0 aliphatic heterocycles. The number of hydrogen-bond donors (Lipinski definition) is 2. The average molecular weight is 259 g/mol. The fourth-order valence-electron chi connectivity index (χ4n) is 2.66. The Kier molecular flexibility index (Phi) is 3.15. The highest BCUT2D eigenvalue weighted by atomic mass is 32.2. The van der Waals surface area contributed by atoms with Crippen LogP contribution in [-0.2, 0) is 14.8 Å². The highest BCUT2D eigenvalue weighted by Gasteiger charge is 2.52. The van der Waals surface area contributed by atoms with Crippen LogP contribution in [0, 0.1) is 5.92 Å². The number of primary sulfonamides is 1. The van der Waals surface area contributed by atoms with E-state index in [9.17, 15) is 13.5 Å². The second-order valence-electron chi connectivity index (χ2n) is 4.63. The molecule has 2 rings (SSSR count). The molecule has 0 bridgehead atoms. The van der Waals surface area contributed by atoms with E-state index in [1.165, 1.54) is 7.11 Å². The van der Waals surface area contributed by atoms with Crippen LogP contribution in [0.3, 0.4) is 0 Å². The summed E-state index contributed by atoms with van der Waals surface area (Å²) in [6.45, 7) is 0. The van der Waals surface area contributed by atoms with Crippen molar-refractivity contribution in [1.29, 1.82) is 0 Å². The van der Waals surface area contributed by atoms with E-state index >= 15 is 0 Å². The Morgan fingerprint density at radius 1 is 1.41 bits per heavy atom.